The van der Waals surface area contributed by atoms with Crippen LogP contribution in [0.5, 0.6) is 11.5 Å². The van der Waals surface area contributed by atoms with Gasteiger partial charge >= 0.3 is 0 Å². The molecule has 0 spiro atoms. The molecule has 1 fully saturated rings. The van der Waals surface area contributed by atoms with Crippen molar-refractivity contribution in [2.45, 2.75) is 45.2 Å². The lowest BCUT2D eigenvalue weighted by Gasteiger charge is -2.35. The van der Waals surface area contributed by atoms with Crippen molar-refractivity contribution in [3.63, 3.8) is 0 Å². The van der Waals surface area contributed by atoms with Crippen molar-refractivity contribution in [3.8, 4) is 11.5 Å². The number of piperidine rings is 1. The first-order chi connectivity index (χ1) is 12.0. The number of nitrogens with two attached hydrogens (primary N) is 1. The first-order valence-corrected chi connectivity index (χ1v) is 9.02. The van der Waals surface area contributed by atoms with Gasteiger partial charge in [0.25, 0.3) is 0 Å². The summed E-state index contributed by atoms with van der Waals surface area (Å²) in [5.74, 6) is 1.81. The number of amides is 1. The van der Waals surface area contributed by atoms with Crippen LogP contribution in [-0.2, 0) is 4.79 Å². The van der Waals surface area contributed by atoms with Crippen LogP contribution in [0.15, 0.2) is 18.2 Å². The molecule has 1 aliphatic heterocycles. The molecular weight excluding hydrogens is 318 g/mol. The fraction of sp³-hybridized carbons (Fsp3) is 0.632. The highest BCUT2D eigenvalue weighted by molar-refractivity contribution is 5.82. The van der Waals surface area contributed by atoms with E-state index in [2.05, 4.69) is 12.2 Å². The van der Waals surface area contributed by atoms with Crippen LogP contribution < -0.4 is 20.5 Å². The summed E-state index contributed by atoms with van der Waals surface area (Å²) in [6.07, 6.45) is 2.72. The molecule has 3 N–H and O–H groups in total. The Balaban J connectivity index is 1.91. The largest absolute Gasteiger partial charge is 0.497 e. The predicted molar refractivity (Wildman–Crippen MR) is 100 cm³/mol. The van der Waals surface area contributed by atoms with Crippen LogP contribution in [0.3, 0.4) is 0 Å². The molecule has 1 aromatic carbocycles. The van der Waals surface area contributed by atoms with Gasteiger partial charge in [-0.1, -0.05) is 20.3 Å². The number of methoxy groups -OCH3 is 2. The Kier molecular flexibility index (Phi) is 6.93. The van der Waals surface area contributed by atoms with E-state index in [4.69, 9.17) is 15.2 Å². The van der Waals surface area contributed by atoms with Crippen LogP contribution in [0.2, 0.25) is 0 Å². The van der Waals surface area contributed by atoms with Gasteiger partial charge in [-0.05, 0) is 18.8 Å². The van der Waals surface area contributed by atoms with Crippen LogP contribution in [0.1, 0.15) is 33.1 Å². The second kappa shape index (κ2) is 8.94. The Labute approximate surface area is 150 Å². The first kappa shape index (κ1) is 19.4. The smallest absolute Gasteiger partial charge is 0.239 e. The molecule has 6 heteroatoms. The average molecular weight is 349 g/mol. The van der Waals surface area contributed by atoms with Crippen molar-refractivity contribution in [1.29, 1.82) is 0 Å². The molecular formula is C19H31N3O3. The third kappa shape index (κ3) is 5.01. The fourth-order valence-electron chi connectivity index (χ4n) is 3.08. The third-order valence-corrected chi connectivity index (χ3v) is 5.07. The topological polar surface area (TPSA) is 76.8 Å². The second-order valence-corrected chi connectivity index (χ2v) is 6.76. The maximum Gasteiger partial charge on any atom is 0.239 e. The third-order valence-electron chi connectivity index (χ3n) is 5.07. The van der Waals surface area contributed by atoms with E-state index in [9.17, 15) is 4.79 Å². The van der Waals surface area contributed by atoms with Gasteiger partial charge in [-0.3, -0.25) is 4.79 Å². The Morgan fingerprint density at radius 3 is 2.28 bits per heavy atom. The minimum absolute atomic E-state index is 0.0795. The molecule has 25 heavy (non-hydrogen) atoms. The normalized spacial score (nSPS) is 17.7. The molecule has 0 aliphatic carbocycles. The molecule has 2 unspecified atom stereocenters. The summed E-state index contributed by atoms with van der Waals surface area (Å²) in [7, 11) is 3.28. The van der Waals surface area contributed by atoms with E-state index < -0.39 is 6.04 Å². The van der Waals surface area contributed by atoms with Gasteiger partial charge in [-0.25, -0.2) is 0 Å². The summed E-state index contributed by atoms with van der Waals surface area (Å²) in [6.45, 7) is 5.58. The molecule has 2 atom stereocenters. The lowest BCUT2D eigenvalue weighted by atomic mass is 9.97. The van der Waals surface area contributed by atoms with Crippen molar-refractivity contribution < 1.29 is 14.3 Å². The van der Waals surface area contributed by atoms with Crippen LogP contribution in [0.25, 0.3) is 0 Å². The number of rotatable bonds is 7. The minimum atomic E-state index is -0.392. The van der Waals surface area contributed by atoms with Gasteiger partial charge in [-0.15, -0.1) is 0 Å². The highest BCUT2D eigenvalue weighted by Crippen LogP contribution is 2.27. The molecule has 2 rings (SSSR count). The number of anilines is 1. The summed E-state index contributed by atoms with van der Waals surface area (Å²) < 4.78 is 10.6. The summed E-state index contributed by atoms with van der Waals surface area (Å²) in [5.41, 5.74) is 7.06. The van der Waals surface area contributed by atoms with Gasteiger partial charge in [0.1, 0.15) is 11.5 Å². The number of likely N-dealkylation sites (tertiary alicyclic amines) is 1. The van der Waals surface area contributed by atoms with Gasteiger partial charge in [0.15, 0.2) is 0 Å². The van der Waals surface area contributed by atoms with Crippen LogP contribution in [0, 0.1) is 5.92 Å². The number of carbonyl (C=O) groups excluding carboxylic acids is 1. The fourth-order valence-corrected chi connectivity index (χ4v) is 3.08. The zero-order chi connectivity index (χ0) is 18.4. The number of ether oxygens (including phenoxy) is 2. The van der Waals surface area contributed by atoms with Crippen LogP contribution in [-0.4, -0.2) is 50.2 Å². The van der Waals surface area contributed by atoms with Crippen LogP contribution >= 0.6 is 0 Å². The molecule has 6 nitrogen and oxygen atoms in total. The lowest BCUT2D eigenvalue weighted by molar-refractivity contribution is -0.134. The molecule has 0 saturated carbocycles. The van der Waals surface area contributed by atoms with E-state index in [1.54, 1.807) is 14.2 Å². The molecule has 1 amide bonds. The summed E-state index contributed by atoms with van der Waals surface area (Å²) in [5, 5.41) is 3.52. The van der Waals surface area contributed by atoms with Gasteiger partial charge in [0.2, 0.25) is 5.91 Å². The van der Waals surface area contributed by atoms with Gasteiger partial charge in [-0.2, -0.15) is 0 Å². The Hall–Kier alpha value is -1.95. The van der Waals surface area contributed by atoms with E-state index in [-0.39, 0.29) is 11.8 Å². The second-order valence-electron chi connectivity index (χ2n) is 6.76. The van der Waals surface area contributed by atoms with Gasteiger partial charge in [0.05, 0.1) is 20.3 Å². The molecule has 0 bridgehead atoms. The van der Waals surface area contributed by atoms with Crippen molar-refractivity contribution >= 4 is 11.6 Å². The first-order valence-electron chi connectivity index (χ1n) is 9.02. The van der Waals surface area contributed by atoms with E-state index in [0.717, 1.165) is 49.5 Å². The monoisotopic (exact) mass is 349 g/mol. The molecule has 1 aliphatic rings. The number of hydrogen-bond donors (Lipinski definition) is 2. The Morgan fingerprint density at radius 2 is 1.80 bits per heavy atom. The summed E-state index contributed by atoms with van der Waals surface area (Å²) in [6, 6.07) is 5.69. The SMILES string of the molecule is CCC(C)C(N)C(=O)N1CCC(Nc2cc(OC)cc(OC)c2)CC1. The van der Waals surface area contributed by atoms with Crippen molar-refractivity contribution in [2.24, 2.45) is 11.7 Å². The molecule has 0 radical (unpaired) electrons. The van der Waals surface area contributed by atoms with Gasteiger partial charge < -0.3 is 25.4 Å². The highest BCUT2D eigenvalue weighted by Gasteiger charge is 2.28. The maximum atomic E-state index is 12.5. The van der Waals surface area contributed by atoms with E-state index in [1.165, 1.54) is 0 Å². The number of carbonyl (C=O) groups is 1. The zero-order valence-corrected chi connectivity index (χ0v) is 15.7. The predicted octanol–water partition coefficient (Wildman–Crippen LogP) is 2.48. The number of nitrogens with one attached hydrogen (secondary N) is 1. The van der Waals surface area contributed by atoms with Crippen molar-refractivity contribution in [3.05, 3.63) is 18.2 Å². The molecule has 0 aromatic heterocycles. The van der Waals surface area contributed by atoms with Crippen molar-refractivity contribution in [1.82, 2.24) is 4.90 Å². The number of benzene rings is 1. The molecule has 140 valence electrons. The standard InChI is InChI=1S/C19H31N3O3/c1-5-13(2)18(20)19(23)22-8-6-14(7-9-22)21-15-10-16(24-3)12-17(11-15)25-4/h10-14,18,21H,5-9,20H2,1-4H3. The highest BCUT2D eigenvalue weighted by atomic mass is 16.5. The van der Waals surface area contributed by atoms with Crippen molar-refractivity contribution in [2.75, 3.05) is 32.6 Å². The quantitative estimate of drug-likeness (QED) is 0.791. The van der Waals surface area contributed by atoms with Crippen LogP contribution in [0.4, 0.5) is 5.69 Å². The summed E-state index contributed by atoms with van der Waals surface area (Å²) in [4.78, 5) is 14.4. The number of hydrogen-bond acceptors (Lipinski definition) is 5. The number of nitrogens with zero attached hydrogens (tertiary/aromatic N) is 1. The van der Waals surface area contributed by atoms with Gasteiger partial charge in [0, 0.05) is 43.0 Å². The molecule has 1 saturated heterocycles. The van der Waals surface area contributed by atoms with E-state index in [0.29, 0.717) is 6.04 Å². The maximum absolute atomic E-state index is 12.5. The molecule has 1 heterocycles. The molecule has 1 aromatic rings. The van der Waals surface area contributed by atoms with E-state index >= 15 is 0 Å². The summed E-state index contributed by atoms with van der Waals surface area (Å²) >= 11 is 0. The Morgan fingerprint density at radius 1 is 1.24 bits per heavy atom. The minimum Gasteiger partial charge on any atom is -0.497 e. The average Bonchev–Trinajstić information content (AvgIpc) is 2.66. The van der Waals surface area contributed by atoms with E-state index in [1.807, 2.05) is 30.0 Å². The zero-order valence-electron chi connectivity index (χ0n) is 15.7. The Bertz CT molecular complexity index is 549. The lowest BCUT2D eigenvalue weighted by Crippen LogP contribution is -2.51.